The summed E-state index contributed by atoms with van der Waals surface area (Å²) in [6.45, 7) is 2.52. The van der Waals surface area contributed by atoms with Crippen LogP contribution in [0.15, 0.2) is 0 Å². The van der Waals surface area contributed by atoms with Gasteiger partial charge >= 0.3 is 6.03 Å². The fraction of sp³-hybridized carbons (Fsp3) is 0.667. The molecule has 0 heterocycles. The van der Waals surface area contributed by atoms with Crippen LogP contribution in [-0.2, 0) is 4.43 Å². The van der Waals surface area contributed by atoms with Crippen LogP contribution in [0.1, 0.15) is 6.92 Å². The molecule has 5 heteroatoms. The average Bonchev–Trinajstić information content (AvgIpc) is 1.66. The van der Waals surface area contributed by atoms with Crippen LogP contribution in [-0.4, -0.2) is 22.6 Å². The van der Waals surface area contributed by atoms with Gasteiger partial charge in [-0.05, 0) is 6.92 Å². The lowest BCUT2D eigenvalue weighted by Crippen LogP contribution is -2.33. The van der Waals surface area contributed by atoms with Crippen LogP contribution in [0, 0.1) is 0 Å². The lowest BCUT2D eigenvalue weighted by Gasteiger charge is -1.97. The Bertz CT molecular complexity index is 77.7. The van der Waals surface area contributed by atoms with E-state index in [0.717, 1.165) is 0 Å². The Morgan fingerprint density at radius 1 is 2.00 bits per heavy atom. The number of amides is 2. The number of primary amides is 1. The molecular formula is C3H10N2O2Si. The molecule has 0 atom stereocenters. The molecule has 0 spiro atoms. The first-order valence-corrected chi connectivity index (χ1v) is 3.67. The second-order valence-electron chi connectivity index (χ2n) is 1.18. The molecule has 0 aliphatic rings. The minimum Gasteiger partial charge on any atom is -0.404 e. The lowest BCUT2D eigenvalue weighted by molar-refractivity contribution is 0.251. The molecule has 0 radical (unpaired) electrons. The highest BCUT2D eigenvalue weighted by Crippen LogP contribution is 1.61. The Labute approximate surface area is 50.4 Å². The zero-order valence-electron chi connectivity index (χ0n) is 4.81. The van der Waals surface area contributed by atoms with E-state index in [2.05, 4.69) is 4.98 Å². The zero-order valence-corrected chi connectivity index (χ0v) is 6.22. The summed E-state index contributed by atoms with van der Waals surface area (Å²) in [5.41, 5.74) is 4.74. The van der Waals surface area contributed by atoms with Gasteiger partial charge in [0.25, 0.3) is 9.92 Å². The molecule has 0 aliphatic carbocycles. The van der Waals surface area contributed by atoms with Gasteiger partial charge in [-0.15, -0.1) is 0 Å². The lowest BCUT2D eigenvalue weighted by atomic mass is 10.9. The van der Waals surface area contributed by atoms with E-state index >= 15 is 0 Å². The van der Waals surface area contributed by atoms with Gasteiger partial charge in [0, 0.05) is 6.61 Å². The normalized spacial score (nSPS) is 10.1. The summed E-state index contributed by atoms with van der Waals surface area (Å²) in [4.78, 5) is 12.3. The molecule has 0 aliphatic heterocycles. The van der Waals surface area contributed by atoms with Crippen LogP contribution in [0.2, 0.25) is 0 Å². The Balaban J connectivity index is 2.82. The van der Waals surface area contributed by atoms with E-state index in [-0.39, 0.29) is 0 Å². The summed E-state index contributed by atoms with van der Waals surface area (Å²) in [6, 6.07) is -0.495. The third-order valence-electron chi connectivity index (χ3n) is 0.553. The summed E-state index contributed by atoms with van der Waals surface area (Å²) in [5.74, 6) is 0. The van der Waals surface area contributed by atoms with E-state index in [0.29, 0.717) is 6.61 Å². The number of urea groups is 1. The van der Waals surface area contributed by atoms with Crippen molar-refractivity contribution in [3.63, 3.8) is 0 Å². The van der Waals surface area contributed by atoms with Crippen molar-refractivity contribution in [1.29, 1.82) is 0 Å². The number of nitrogens with two attached hydrogens (primary N) is 1. The van der Waals surface area contributed by atoms with Crippen molar-refractivity contribution >= 4 is 16.0 Å². The molecule has 0 aromatic heterocycles. The van der Waals surface area contributed by atoms with Crippen LogP contribution in [0.3, 0.4) is 0 Å². The van der Waals surface area contributed by atoms with Crippen LogP contribution in [0.4, 0.5) is 4.79 Å². The molecule has 0 saturated carbocycles. The van der Waals surface area contributed by atoms with E-state index in [9.17, 15) is 4.79 Å². The molecule has 0 unspecified atom stereocenters. The molecule has 0 bridgehead atoms. The van der Waals surface area contributed by atoms with Gasteiger partial charge in [0.15, 0.2) is 0 Å². The number of carbonyl (C=O) groups excluding carboxylic acids is 1. The Morgan fingerprint density at radius 2 is 2.62 bits per heavy atom. The van der Waals surface area contributed by atoms with Crippen LogP contribution in [0.25, 0.3) is 0 Å². The minimum absolute atomic E-state index is 0.495. The van der Waals surface area contributed by atoms with Gasteiger partial charge in [-0.1, -0.05) is 0 Å². The van der Waals surface area contributed by atoms with Gasteiger partial charge < -0.3 is 15.1 Å². The predicted molar refractivity (Wildman–Crippen MR) is 32.9 cm³/mol. The number of rotatable bonds is 3. The zero-order chi connectivity index (χ0) is 6.41. The highest BCUT2D eigenvalue weighted by Gasteiger charge is 1.87. The molecule has 4 nitrogen and oxygen atoms in total. The third-order valence-corrected chi connectivity index (χ3v) is 1.66. The monoisotopic (exact) mass is 134 g/mol. The molecule has 0 fully saturated rings. The summed E-state index contributed by atoms with van der Waals surface area (Å²) in [5, 5.41) is 0. The molecule has 3 N–H and O–H groups in total. The average molecular weight is 134 g/mol. The van der Waals surface area contributed by atoms with Crippen LogP contribution < -0.4 is 10.7 Å². The molecule has 2 amide bonds. The van der Waals surface area contributed by atoms with Crippen molar-refractivity contribution in [3.05, 3.63) is 0 Å². The van der Waals surface area contributed by atoms with Crippen molar-refractivity contribution in [2.45, 2.75) is 6.92 Å². The van der Waals surface area contributed by atoms with E-state index < -0.39 is 16.0 Å². The number of nitrogens with one attached hydrogen (secondary N) is 1. The molecule has 0 aromatic carbocycles. The van der Waals surface area contributed by atoms with E-state index in [1.807, 2.05) is 6.92 Å². The summed E-state index contributed by atoms with van der Waals surface area (Å²) in [6.07, 6.45) is 0. The Kier molecular flexibility index (Phi) is 4.28. The van der Waals surface area contributed by atoms with Gasteiger partial charge in [-0.2, -0.15) is 0 Å². The maximum absolute atomic E-state index is 9.94. The number of hydrogen-bond donors (Lipinski definition) is 2. The van der Waals surface area contributed by atoms with Crippen LogP contribution >= 0.6 is 0 Å². The maximum Gasteiger partial charge on any atom is 0.305 e. The summed E-state index contributed by atoms with van der Waals surface area (Å²) in [7, 11) is -0.861. The highest BCUT2D eigenvalue weighted by molar-refractivity contribution is 6.29. The van der Waals surface area contributed by atoms with Gasteiger partial charge in [-0.25, -0.2) is 4.79 Å². The summed E-state index contributed by atoms with van der Waals surface area (Å²) >= 11 is 0. The Hall–Kier alpha value is -0.553. The maximum atomic E-state index is 9.94. The topological polar surface area (TPSA) is 64.3 Å². The van der Waals surface area contributed by atoms with Gasteiger partial charge in [-0.3, -0.25) is 0 Å². The molecule has 8 heavy (non-hydrogen) atoms. The highest BCUT2D eigenvalue weighted by atomic mass is 28.2. The molecule has 0 saturated heterocycles. The first-order chi connectivity index (χ1) is 3.77. The van der Waals surface area contributed by atoms with E-state index in [1.54, 1.807) is 0 Å². The van der Waals surface area contributed by atoms with Crippen molar-refractivity contribution in [1.82, 2.24) is 4.98 Å². The number of hydrogen-bond acceptors (Lipinski definition) is 2. The van der Waals surface area contributed by atoms with Crippen molar-refractivity contribution in [2.75, 3.05) is 6.61 Å². The van der Waals surface area contributed by atoms with Crippen molar-refractivity contribution < 1.29 is 9.22 Å². The fourth-order valence-corrected chi connectivity index (χ4v) is 0.673. The van der Waals surface area contributed by atoms with Crippen molar-refractivity contribution in [2.24, 2.45) is 5.73 Å². The van der Waals surface area contributed by atoms with Gasteiger partial charge in [0.05, 0.1) is 0 Å². The largest absolute Gasteiger partial charge is 0.404 e. The fourth-order valence-electron chi connectivity index (χ4n) is 0.224. The first-order valence-electron chi connectivity index (χ1n) is 2.38. The quantitative estimate of drug-likeness (QED) is 0.372. The Morgan fingerprint density at radius 3 is 3.00 bits per heavy atom. The summed E-state index contributed by atoms with van der Waals surface area (Å²) < 4.78 is 4.87. The first kappa shape index (κ1) is 7.45. The van der Waals surface area contributed by atoms with Crippen molar-refractivity contribution in [3.8, 4) is 0 Å². The van der Waals surface area contributed by atoms with Gasteiger partial charge in [0.1, 0.15) is 0 Å². The molecule has 0 aromatic rings. The van der Waals surface area contributed by atoms with E-state index in [4.69, 9.17) is 10.2 Å². The standard InChI is InChI=1S/C3H10N2O2Si/c1-2-7-8-5-3(4)6/h2,8H2,1H3,(H3,4,5,6). The molecule has 0 rings (SSSR count). The minimum atomic E-state index is -0.861. The molecular weight excluding hydrogens is 124 g/mol. The third kappa shape index (κ3) is 5.45. The SMILES string of the molecule is CCO[SiH2]NC(N)=O. The second kappa shape index (κ2) is 4.60. The second-order valence-corrected chi connectivity index (χ2v) is 2.23. The molecule has 48 valence electrons. The number of carbonyl (C=O) groups is 1. The van der Waals surface area contributed by atoms with Gasteiger partial charge in [0.2, 0.25) is 0 Å². The smallest absolute Gasteiger partial charge is 0.305 e. The predicted octanol–water partition coefficient (Wildman–Crippen LogP) is -1.31. The van der Waals surface area contributed by atoms with E-state index in [1.165, 1.54) is 0 Å². The van der Waals surface area contributed by atoms with Crippen LogP contribution in [0.5, 0.6) is 0 Å².